The number of H-pyrrole nitrogens is 1. The molecule has 0 bridgehead atoms. The van der Waals surface area contributed by atoms with E-state index >= 15 is 0 Å². The summed E-state index contributed by atoms with van der Waals surface area (Å²) in [6.07, 6.45) is 4.38. The molecule has 1 aliphatic rings. The number of nitrogens with one attached hydrogen (secondary N) is 1. The number of nitrogens with zero attached hydrogens (tertiary/aromatic N) is 4. The Morgan fingerprint density at radius 3 is 2.85 bits per heavy atom. The van der Waals surface area contributed by atoms with Crippen molar-refractivity contribution in [1.29, 1.82) is 0 Å². The molecule has 5 nitrogen and oxygen atoms in total. The Morgan fingerprint density at radius 1 is 1.35 bits per heavy atom. The minimum Gasteiger partial charge on any atom is -0.301 e. The van der Waals surface area contributed by atoms with Gasteiger partial charge in [-0.15, -0.1) is 0 Å². The van der Waals surface area contributed by atoms with Crippen molar-refractivity contribution in [1.82, 2.24) is 24.6 Å². The maximum atomic E-state index is 5.39. The molecule has 0 spiro atoms. The zero-order valence-electron chi connectivity index (χ0n) is 11.6. The van der Waals surface area contributed by atoms with E-state index < -0.39 is 0 Å². The normalized spacial score (nSPS) is 17.4. The van der Waals surface area contributed by atoms with Gasteiger partial charge >= 0.3 is 0 Å². The quantitative estimate of drug-likeness (QED) is 0.879. The highest BCUT2D eigenvalue weighted by Gasteiger charge is 2.19. The van der Waals surface area contributed by atoms with E-state index in [-0.39, 0.29) is 6.04 Å². The van der Waals surface area contributed by atoms with Gasteiger partial charge < -0.3 is 4.90 Å². The highest BCUT2D eigenvalue weighted by Crippen LogP contribution is 2.21. The Morgan fingerprint density at radius 2 is 2.15 bits per heavy atom. The number of hydrogen-bond donors (Lipinski definition) is 1. The highest BCUT2D eigenvalue weighted by molar-refractivity contribution is 7.71. The van der Waals surface area contributed by atoms with Crippen molar-refractivity contribution < 1.29 is 0 Å². The smallest absolute Gasteiger partial charge is 0.195 e. The summed E-state index contributed by atoms with van der Waals surface area (Å²) in [5.41, 5.74) is 0.855. The van der Waals surface area contributed by atoms with E-state index in [9.17, 15) is 0 Å². The molecule has 106 valence electrons. The monoisotopic (exact) mass is 289 g/mol. The van der Waals surface area contributed by atoms with Crippen molar-refractivity contribution in [3.05, 3.63) is 29.2 Å². The number of aromatic nitrogens is 4. The zero-order valence-corrected chi connectivity index (χ0v) is 12.4. The summed E-state index contributed by atoms with van der Waals surface area (Å²) in [7, 11) is 0. The fourth-order valence-electron chi connectivity index (χ4n) is 2.81. The molecule has 1 atom stereocenters. The lowest BCUT2D eigenvalue weighted by atomic mass is 10.2. The Hall–Kier alpha value is -1.53. The summed E-state index contributed by atoms with van der Waals surface area (Å²) >= 11 is 5.39. The molecule has 1 N–H and O–H groups in total. The Kier molecular flexibility index (Phi) is 3.93. The molecule has 2 aromatic rings. The maximum Gasteiger partial charge on any atom is 0.195 e. The van der Waals surface area contributed by atoms with Gasteiger partial charge in [0.15, 0.2) is 10.6 Å². The van der Waals surface area contributed by atoms with Crippen molar-refractivity contribution in [2.45, 2.75) is 25.8 Å². The van der Waals surface area contributed by atoms with Crippen LogP contribution in [0.1, 0.15) is 25.8 Å². The first-order valence-corrected chi connectivity index (χ1v) is 7.47. The summed E-state index contributed by atoms with van der Waals surface area (Å²) in [6.45, 7) is 5.58. The van der Waals surface area contributed by atoms with Gasteiger partial charge in [0.1, 0.15) is 5.69 Å². The van der Waals surface area contributed by atoms with Gasteiger partial charge in [-0.2, -0.15) is 5.10 Å². The first-order chi connectivity index (χ1) is 9.75. The van der Waals surface area contributed by atoms with Crippen LogP contribution in [0.15, 0.2) is 24.4 Å². The van der Waals surface area contributed by atoms with Crippen LogP contribution in [0.3, 0.4) is 0 Å². The number of rotatable bonds is 4. The molecule has 20 heavy (non-hydrogen) atoms. The fraction of sp³-hybridized carbons (Fsp3) is 0.500. The van der Waals surface area contributed by atoms with Crippen molar-refractivity contribution >= 4 is 12.2 Å². The third-order valence-corrected chi connectivity index (χ3v) is 4.05. The summed E-state index contributed by atoms with van der Waals surface area (Å²) < 4.78 is 2.74. The standard InChI is InChI=1S/C14H19N5S/c1-11(10-18-8-4-5-9-18)19-13(16-17-14(19)20)12-6-2-3-7-15-12/h2-3,6-7,11H,4-5,8-10H2,1H3,(H,17,20). The van der Waals surface area contributed by atoms with Crippen molar-refractivity contribution in [2.24, 2.45) is 0 Å². The molecule has 0 aliphatic carbocycles. The average molecular weight is 289 g/mol. The van der Waals surface area contributed by atoms with E-state index in [1.807, 2.05) is 18.2 Å². The lowest BCUT2D eigenvalue weighted by molar-refractivity contribution is 0.287. The van der Waals surface area contributed by atoms with Gasteiger partial charge in [0.05, 0.1) is 0 Å². The molecule has 0 amide bonds. The fourth-order valence-corrected chi connectivity index (χ4v) is 3.12. The van der Waals surface area contributed by atoms with Gasteiger partial charge in [0.25, 0.3) is 0 Å². The van der Waals surface area contributed by atoms with E-state index in [2.05, 4.69) is 31.6 Å². The highest BCUT2D eigenvalue weighted by atomic mass is 32.1. The lowest BCUT2D eigenvalue weighted by Gasteiger charge is -2.22. The Bertz CT molecular complexity index is 612. The Balaban J connectivity index is 1.88. The largest absolute Gasteiger partial charge is 0.301 e. The minimum atomic E-state index is 0.288. The molecule has 3 heterocycles. The molecular formula is C14H19N5S. The van der Waals surface area contributed by atoms with Gasteiger partial charge in [-0.1, -0.05) is 6.07 Å². The molecule has 0 aromatic carbocycles. The summed E-state index contributed by atoms with van der Waals surface area (Å²) in [5.74, 6) is 0.822. The third kappa shape index (κ3) is 2.66. The van der Waals surface area contributed by atoms with Crippen LogP contribution in [0.2, 0.25) is 0 Å². The molecule has 0 saturated carbocycles. The van der Waals surface area contributed by atoms with E-state index in [4.69, 9.17) is 12.2 Å². The molecule has 0 radical (unpaired) electrons. The van der Waals surface area contributed by atoms with Crippen LogP contribution < -0.4 is 0 Å². The minimum absolute atomic E-state index is 0.288. The topological polar surface area (TPSA) is 49.7 Å². The van der Waals surface area contributed by atoms with Crippen LogP contribution in [0.5, 0.6) is 0 Å². The number of aromatic amines is 1. The third-order valence-electron chi connectivity index (χ3n) is 3.76. The van der Waals surface area contributed by atoms with Gasteiger partial charge in [-0.25, -0.2) is 0 Å². The van der Waals surface area contributed by atoms with Gasteiger partial charge in [0.2, 0.25) is 0 Å². The number of hydrogen-bond acceptors (Lipinski definition) is 4. The molecule has 1 aliphatic heterocycles. The molecule has 2 aromatic heterocycles. The maximum absolute atomic E-state index is 5.39. The van der Waals surface area contributed by atoms with Crippen LogP contribution >= 0.6 is 12.2 Å². The van der Waals surface area contributed by atoms with Crippen LogP contribution in [-0.4, -0.2) is 44.3 Å². The zero-order chi connectivity index (χ0) is 13.9. The summed E-state index contributed by atoms with van der Waals surface area (Å²) in [5, 5.41) is 7.25. The molecular weight excluding hydrogens is 270 g/mol. The van der Waals surface area contributed by atoms with Crippen LogP contribution in [0, 0.1) is 4.77 Å². The first-order valence-electron chi connectivity index (χ1n) is 7.06. The van der Waals surface area contributed by atoms with E-state index in [1.165, 1.54) is 25.9 Å². The summed E-state index contributed by atoms with van der Waals surface area (Å²) in [6, 6.07) is 6.12. The van der Waals surface area contributed by atoms with Gasteiger partial charge in [-0.05, 0) is 57.2 Å². The summed E-state index contributed by atoms with van der Waals surface area (Å²) in [4.78, 5) is 6.86. The van der Waals surface area contributed by atoms with E-state index in [0.717, 1.165) is 18.1 Å². The number of likely N-dealkylation sites (tertiary alicyclic amines) is 1. The predicted octanol–water partition coefficient (Wildman–Crippen LogP) is 2.66. The van der Waals surface area contributed by atoms with E-state index in [1.54, 1.807) is 6.20 Å². The van der Waals surface area contributed by atoms with Gasteiger partial charge in [0, 0.05) is 18.8 Å². The second-order valence-corrected chi connectivity index (χ2v) is 5.68. The van der Waals surface area contributed by atoms with Gasteiger partial charge in [-0.3, -0.25) is 14.6 Å². The Labute approximate surface area is 123 Å². The van der Waals surface area contributed by atoms with Crippen molar-refractivity contribution in [2.75, 3.05) is 19.6 Å². The van der Waals surface area contributed by atoms with Crippen molar-refractivity contribution in [3.63, 3.8) is 0 Å². The van der Waals surface area contributed by atoms with Crippen molar-refractivity contribution in [3.8, 4) is 11.5 Å². The molecule has 1 saturated heterocycles. The SMILES string of the molecule is CC(CN1CCCC1)n1c(-c2ccccn2)n[nH]c1=S. The van der Waals surface area contributed by atoms with Crippen LogP contribution in [-0.2, 0) is 0 Å². The molecule has 6 heteroatoms. The lowest BCUT2D eigenvalue weighted by Crippen LogP contribution is -2.27. The molecule has 3 rings (SSSR count). The average Bonchev–Trinajstić information content (AvgIpc) is 3.09. The van der Waals surface area contributed by atoms with Crippen LogP contribution in [0.4, 0.5) is 0 Å². The first kappa shape index (κ1) is 13.5. The second kappa shape index (κ2) is 5.85. The molecule has 1 unspecified atom stereocenters. The second-order valence-electron chi connectivity index (χ2n) is 5.29. The van der Waals surface area contributed by atoms with Crippen LogP contribution in [0.25, 0.3) is 11.5 Å². The number of pyridine rings is 1. The van der Waals surface area contributed by atoms with E-state index in [0.29, 0.717) is 4.77 Å². The molecule has 1 fully saturated rings. The predicted molar refractivity (Wildman–Crippen MR) is 81.0 cm³/mol.